The molecule has 0 unspecified atom stereocenters. The van der Waals surface area contributed by atoms with Gasteiger partial charge in [0.1, 0.15) is 36.6 Å². The first kappa shape index (κ1) is 102. The smallest absolute Gasteiger partial charge is 0.326 e. The van der Waals surface area contributed by atoms with Crippen LogP contribution in [0.5, 0.6) is 0 Å². The summed E-state index contributed by atoms with van der Waals surface area (Å²) in [6, 6.07) is -2.57. The molecule has 0 aromatic carbocycles. The van der Waals surface area contributed by atoms with E-state index >= 15 is 0 Å². The molecule has 29 heteroatoms. The monoisotopic (exact) mass is 1550 g/mol. The van der Waals surface area contributed by atoms with E-state index < -0.39 is 53.8 Å². The van der Waals surface area contributed by atoms with Crippen LogP contribution >= 0.6 is 0 Å². The van der Waals surface area contributed by atoms with E-state index in [-0.39, 0.29) is 188 Å². The van der Waals surface area contributed by atoms with Gasteiger partial charge in [-0.05, 0) is 96.8 Å². The summed E-state index contributed by atoms with van der Waals surface area (Å²) in [5.41, 5.74) is 12.3. The number of rotatable bonds is 81. The van der Waals surface area contributed by atoms with Crippen molar-refractivity contribution in [1.29, 1.82) is 0 Å². The van der Waals surface area contributed by atoms with Crippen molar-refractivity contribution in [2.24, 2.45) is 29.2 Å². The molecule has 628 valence electrons. The first-order valence-electron chi connectivity index (χ1n) is 41.0. The highest BCUT2D eigenvalue weighted by Crippen LogP contribution is 2.22. The minimum atomic E-state index is -1.21. The fraction of sp³-hybridized carbons (Fsp3) is 0.825. The van der Waals surface area contributed by atoms with E-state index in [1.807, 2.05) is 6.92 Å². The van der Waals surface area contributed by atoms with Crippen LogP contribution in [0.25, 0.3) is 0 Å². The molecule has 0 bridgehead atoms. The van der Waals surface area contributed by atoms with Crippen LogP contribution < -0.4 is 38.1 Å². The minimum Gasteiger partial charge on any atom is -0.481 e. The third kappa shape index (κ3) is 65.7. The van der Waals surface area contributed by atoms with E-state index in [9.17, 15) is 77.3 Å². The van der Waals surface area contributed by atoms with Crippen LogP contribution in [0.2, 0.25) is 0 Å². The summed E-state index contributed by atoms with van der Waals surface area (Å²) in [6.07, 6.45) is 29.3. The Morgan fingerprint density at radius 2 is 0.688 bits per heavy atom. The molecule has 13 N–H and O–H groups in total. The molecule has 0 aliphatic rings. The third-order valence-corrected chi connectivity index (χ3v) is 19.2. The number of carboxylic acid groups (broad SMARTS) is 4. The third-order valence-electron chi connectivity index (χ3n) is 19.2. The van der Waals surface area contributed by atoms with E-state index in [1.54, 1.807) is 0 Å². The molecule has 0 rings (SSSR count). The van der Waals surface area contributed by atoms with E-state index in [0.29, 0.717) is 142 Å². The lowest BCUT2D eigenvalue weighted by atomic mass is 9.87. The first-order valence-corrected chi connectivity index (χ1v) is 41.0. The molecule has 0 heterocycles. The van der Waals surface area contributed by atoms with Crippen molar-refractivity contribution in [2.75, 3.05) is 79.0 Å². The van der Waals surface area contributed by atoms with Gasteiger partial charge in [-0.3, -0.25) is 62.3 Å². The Kier molecular flexibility index (Phi) is 66.1. The first-order chi connectivity index (χ1) is 52.3. The SMILES string of the molecule is CC(=O)[C@H](CCCCNC(=O)[C@@H](N)CCCCCC(=O)COCCOCCNC(=O)CC[C@H](NC(=O)CCCCCCCCCCCCC(=O)O)C(=O)O)CC(=O)[C@@H](C)CCCCNC(=O)[C@@H](N)CCCCCC(=O)COCCOCCNC(=O)CC[C@H](CC(=O)CCCCCCCCCCCCC(=O)O)C(=O)O. The number of amides is 5. The Bertz CT molecular complexity index is 2560. The zero-order chi connectivity index (χ0) is 80.9. The molecule has 0 aliphatic heterocycles. The molecule has 0 aromatic heterocycles. The number of carbonyl (C=O) groups is 14. The number of Topliss-reactive ketones (excluding diaryl/α,β-unsaturated/α-hetero) is 5. The van der Waals surface area contributed by atoms with Gasteiger partial charge in [0.05, 0.1) is 57.6 Å². The predicted octanol–water partition coefficient (Wildman–Crippen LogP) is 9.67. The number of hydrogen-bond acceptors (Lipinski definition) is 20. The minimum absolute atomic E-state index is 0.00911. The van der Waals surface area contributed by atoms with Crippen molar-refractivity contribution < 1.29 is 106 Å². The van der Waals surface area contributed by atoms with Crippen molar-refractivity contribution in [2.45, 2.75) is 327 Å². The van der Waals surface area contributed by atoms with Crippen molar-refractivity contribution in [3.63, 3.8) is 0 Å². The molecule has 29 nitrogen and oxygen atoms in total. The van der Waals surface area contributed by atoms with Crippen molar-refractivity contribution in [3.8, 4) is 0 Å². The molecule has 5 amide bonds. The average molecular weight is 1550 g/mol. The number of carbonyl (C=O) groups excluding carboxylic acids is 10. The molecule has 0 radical (unpaired) electrons. The van der Waals surface area contributed by atoms with E-state index in [4.69, 9.17) is 40.6 Å². The van der Waals surface area contributed by atoms with Gasteiger partial charge < -0.3 is 77.4 Å². The Balaban J connectivity index is 3.98. The lowest BCUT2D eigenvalue weighted by molar-refractivity contribution is -0.144. The molecular weight excluding hydrogens is 1410 g/mol. The van der Waals surface area contributed by atoms with Crippen LogP contribution in [-0.2, 0) is 86.1 Å². The Hall–Kier alpha value is -6.66. The van der Waals surface area contributed by atoms with Gasteiger partial charge in [0.25, 0.3) is 0 Å². The molecule has 0 saturated heterocycles. The topological polar surface area (TPSA) is 469 Å². The summed E-state index contributed by atoms with van der Waals surface area (Å²) in [6.45, 7) is 5.53. The maximum absolute atomic E-state index is 13.1. The van der Waals surface area contributed by atoms with Gasteiger partial charge in [0.2, 0.25) is 29.5 Å². The van der Waals surface area contributed by atoms with Gasteiger partial charge >= 0.3 is 23.9 Å². The highest BCUT2D eigenvalue weighted by molar-refractivity contribution is 5.88. The fourth-order valence-electron chi connectivity index (χ4n) is 12.3. The maximum Gasteiger partial charge on any atom is 0.326 e. The second-order valence-electron chi connectivity index (χ2n) is 29.1. The second-order valence-corrected chi connectivity index (χ2v) is 29.1. The van der Waals surface area contributed by atoms with E-state index in [2.05, 4.69) is 26.6 Å². The number of hydrogen-bond donors (Lipinski definition) is 11. The van der Waals surface area contributed by atoms with Gasteiger partial charge in [-0.1, -0.05) is 148 Å². The molecule has 0 fully saturated rings. The average Bonchev–Trinajstić information content (AvgIpc) is 0.934. The summed E-state index contributed by atoms with van der Waals surface area (Å²) >= 11 is 0. The maximum atomic E-state index is 13.1. The Morgan fingerprint density at radius 3 is 1.10 bits per heavy atom. The predicted molar refractivity (Wildman–Crippen MR) is 413 cm³/mol. The quantitative estimate of drug-likeness (QED) is 0.0252. The highest BCUT2D eigenvalue weighted by Gasteiger charge is 2.25. The molecule has 109 heavy (non-hydrogen) atoms. The molecule has 0 saturated carbocycles. The van der Waals surface area contributed by atoms with Gasteiger partial charge in [-0.2, -0.15) is 0 Å². The fourth-order valence-corrected chi connectivity index (χ4v) is 12.3. The lowest BCUT2D eigenvalue weighted by Crippen LogP contribution is -2.41. The number of ketones is 5. The van der Waals surface area contributed by atoms with Crippen molar-refractivity contribution in [1.82, 2.24) is 26.6 Å². The summed E-state index contributed by atoms with van der Waals surface area (Å²) < 4.78 is 21.8. The van der Waals surface area contributed by atoms with E-state index in [1.165, 1.54) is 6.92 Å². The van der Waals surface area contributed by atoms with Crippen molar-refractivity contribution >= 4 is 82.3 Å². The Labute approximate surface area is 648 Å². The largest absolute Gasteiger partial charge is 0.481 e. The van der Waals surface area contributed by atoms with Crippen LogP contribution in [0, 0.1) is 17.8 Å². The van der Waals surface area contributed by atoms with Crippen LogP contribution in [0.3, 0.4) is 0 Å². The van der Waals surface area contributed by atoms with Gasteiger partial charge in [0, 0.05) is 102 Å². The number of ether oxygens (including phenoxy) is 4. The number of unbranched alkanes of at least 4 members (excludes halogenated alkanes) is 24. The molecule has 0 aliphatic carbocycles. The summed E-state index contributed by atoms with van der Waals surface area (Å²) in [4.78, 5) is 170. The van der Waals surface area contributed by atoms with Crippen LogP contribution in [0.15, 0.2) is 0 Å². The van der Waals surface area contributed by atoms with Crippen LogP contribution in [0.4, 0.5) is 0 Å². The zero-order valence-corrected chi connectivity index (χ0v) is 66.3. The normalized spacial score (nSPS) is 12.9. The molecular formula is C80H141N7O22. The Morgan fingerprint density at radius 1 is 0.321 bits per heavy atom. The van der Waals surface area contributed by atoms with Crippen LogP contribution in [-0.4, -0.2) is 200 Å². The summed E-state index contributed by atoms with van der Waals surface area (Å²) in [7, 11) is 0. The number of aliphatic carboxylic acids is 4. The lowest BCUT2D eigenvalue weighted by Gasteiger charge is -2.17. The highest BCUT2D eigenvalue weighted by atomic mass is 16.5. The summed E-state index contributed by atoms with van der Waals surface area (Å²) in [5.74, 6) is -7.32. The number of carboxylic acids is 4. The van der Waals surface area contributed by atoms with Crippen molar-refractivity contribution in [3.05, 3.63) is 0 Å². The van der Waals surface area contributed by atoms with Crippen LogP contribution in [0.1, 0.15) is 309 Å². The number of nitrogens with one attached hydrogen (secondary N) is 5. The van der Waals surface area contributed by atoms with Gasteiger partial charge in [0.15, 0.2) is 11.6 Å². The van der Waals surface area contributed by atoms with E-state index in [0.717, 1.165) is 109 Å². The molecule has 6 atom stereocenters. The van der Waals surface area contributed by atoms with Gasteiger partial charge in [-0.25, -0.2) is 4.79 Å². The molecule has 0 spiro atoms. The standard InChI is InChI=1S/C80H141N7O22/c1-61(33-29-31-47-85-77(100)68(81)38-24-19-22-36-66(90)59-108-55-53-106-51-49-83-72(93)45-43-64(79(102)103)57-65(89)35-21-15-11-7-3-5-9-13-17-27-41-75(96)97)71(92)58-63(62(2)88)34-30-32-48-86-78(101)69(82)39-25-20-23-37-67(91)60-109-56-54-107-52-50-84-73(94)46-44-70(80(104)105)87-74(95)40-26-16-12-8-4-6-10-14-18-28-42-76(98)99/h61,63-64,68-70H,3-60,81-82H2,1-2H3,(H,83,93)(H,84,94)(H,85,100)(H,86,101)(H,87,95)(H,96,97)(H,98,99)(H,102,103)(H,104,105)/t61-,63+,64+,68-,69-,70-/m0/s1. The number of nitrogens with two attached hydrogens (primary N) is 2. The second kappa shape index (κ2) is 70.5. The van der Waals surface area contributed by atoms with Gasteiger partial charge in [-0.15, -0.1) is 0 Å². The molecule has 0 aromatic rings. The summed E-state index contributed by atoms with van der Waals surface area (Å²) in [5, 5.41) is 50.2. The zero-order valence-electron chi connectivity index (χ0n) is 66.3.